The molecule has 6 nitrogen and oxygen atoms in total. The van der Waals surface area contributed by atoms with Crippen molar-refractivity contribution >= 4 is 11.4 Å². The summed E-state index contributed by atoms with van der Waals surface area (Å²) in [7, 11) is 0. The summed E-state index contributed by atoms with van der Waals surface area (Å²) in [5.74, 6) is 0. The lowest BCUT2D eigenvalue weighted by Gasteiger charge is -2.41. The van der Waals surface area contributed by atoms with E-state index in [0.717, 1.165) is 19.3 Å². The second kappa shape index (κ2) is 4.63. The summed E-state index contributed by atoms with van der Waals surface area (Å²) in [6.07, 6.45) is 2.54. The van der Waals surface area contributed by atoms with E-state index >= 15 is 0 Å². The number of nitriles is 1. The Kier molecular flexibility index (Phi) is 3.17. The van der Waals surface area contributed by atoms with Gasteiger partial charge in [0, 0.05) is 0 Å². The number of anilines is 1. The van der Waals surface area contributed by atoms with E-state index in [4.69, 9.17) is 5.26 Å². The molecule has 0 bridgehead atoms. The van der Waals surface area contributed by atoms with Crippen molar-refractivity contribution in [2.24, 2.45) is 0 Å². The maximum Gasteiger partial charge on any atom is 0.309 e. The van der Waals surface area contributed by atoms with Gasteiger partial charge in [0.05, 0.1) is 17.1 Å². The third kappa shape index (κ3) is 2.00. The molecule has 0 aliphatic heterocycles. The van der Waals surface area contributed by atoms with Gasteiger partial charge in [0.1, 0.15) is 17.3 Å². The Morgan fingerprint density at radius 1 is 1.56 bits per heavy atom. The Hall–Kier alpha value is -2.13. The fourth-order valence-electron chi connectivity index (χ4n) is 2.14. The molecule has 0 amide bonds. The number of aliphatic hydroxyl groups is 1. The monoisotopic (exact) mass is 247 g/mol. The fraction of sp³-hybridized carbons (Fsp3) is 0.417. The van der Waals surface area contributed by atoms with Gasteiger partial charge in [-0.3, -0.25) is 10.1 Å². The van der Waals surface area contributed by atoms with Crippen LogP contribution >= 0.6 is 0 Å². The Labute approximate surface area is 104 Å². The van der Waals surface area contributed by atoms with Crippen LogP contribution in [0.3, 0.4) is 0 Å². The minimum absolute atomic E-state index is 0.0254. The number of hydrogen-bond acceptors (Lipinski definition) is 5. The number of hydrogen-bond donors (Lipinski definition) is 2. The second-order valence-corrected chi connectivity index (χ2v) is 4.49. The average molecular weight is 247 g/mol. The van der Waals surface area contributed by atoms with Crippen LogP contribution in [0.4, 0.5) is 11.4 Å². The van der Waals surface area contributed by atoms with Crippen molar-refractivity contribution in [3.8, 4) is 6.07 Å². The highest BCUT2D eigenvalue weighted by atomic mass is 16.6. The Balaban J connectivity index is 2.39. The van der Waals surface area contributed by atoms with Gasteiger partial charge in [-0.25, -0.2) is 0 Å². The van der Waals surface area contributed by atoms with E-state index in [2.05, 4.69) is 5.32 Å². The summed E-state index contributed by atoms with van der Waals surface area (Å²) in [4.78, 5) is 10.5. The molecule has 1 aromatic rings. The number of benzene rings is 1. The lowest BCUT2D eigenvalue weighted by Crippen LogP contribution is -2.48. The molecule has 1 fully saturated rings. The molecule has 0 saturated heterocycles. The van der Waals surface area contributed by atoms with Crippen LogP contribution in [-0.4, -0.2) is 22.2 Å². The van der Waals surface area contributed by atoms with Gasteiger partial charge in [-0.15, -0.1) is 0 Å². The fourth-order valence-corrected chi connectivity index (χ4v) is 2.14. The van der Waals surface area contributed by atoms with E-state index in [9.17, 15) is 15.2 Å². The van der Waals surface area contributed by atoms with E-state index in [1.807, 2.05) is 6.07 Å². The molecular formula is C12H13N3O3. The molecule has 18 heavy (non-hydrogen) atoms. The Morgan fingerprint density at radius 2 is 2.28 bits per heavy atom. The predicted molar refractivity (Wildman–Crippen MR) is 65.1 cm³/mol. The highest BCUT2D eigenvalue weighted by molar-refractivity contribution is 5.69. The molecule has 2 N–H and O–H groups in total. The lowest BCUT2D eigenvalue weighted by molar-refractivity contribution is -0.384. The molecule has 94 valence electrons. The molecule has 0 aromatic heterocycles. The van der Waals surface area contributed by atoms with Gasteiger partial charge in [-0.1, -0.05) is 6.07 Å². The van der Waals surface area contributed by atoms with Gasteiger partial charge in [0.25, 0.3) is 0 Å². The number of rotatable bonds is 4. The quantitative estimate of drug-likeness (QED) is 0.624. The molecule has 1 aliphatic carbocycles. The van der Waals surface area contributed by atoms with Crippen molar-refractivity contribution in [2.75, 3.05) is 11.9 Å². The van der Waals surface area contributed by atoms with E-state index in [-0.39, 0.29) is 17.9 Å². The molecular weight excluding hydrogens is 234 g/mol. The third-order valence-corrected chi connectivity index (χ3v) is 3.35. The van der Waals surface area contributed by atoms with Gasteiger partial charge in [-0.2, -0.15) is 5.26 Å². The molecule has 2 rings (SSSR count). The number of nitrogens with zero attached hydrogens (tertiary/aromatic N) is 2. The summed E-state index contributed by atoms with van der Waals surface area (Å²) in [6.45, 7) is -0.0685. The van der Waals surface area contributed by atoms with Gasteiger partial charge in [0.2, 0.25) is 0 Å². The van der Waals surface area contributed by atoms with Crippen LogP contribution in [0.25, 0.3) is 0 Å². The maximum atomic E-state index is 11.0. The van der Waals surface area contributed by atoms with Crippen molar-refractivity contribution in [2.45, 2.75) is 24.8 Å². The molecule has 1 aliphatic rings. The number of nitro benzene ring substituents is 1. The van der Waals surface area contributed by atoms with E-state index in [1.165, 1.54) is 6.07 Å². The lowest BCUT2D eigenvalue weighted by atomic mass is 9.77. The van der Waals surface area contributed by atoms with E-state index in [0.29, 0.717) is 5.69 Å². The number of para-hydroxylation sites is 1. The Bertz CT molecular complexity index is 512. The zero-order valence-electron chi connectivity index (χ0n) is 9.72. The van der Waals surface area contributed by atoms with Crippen molar-refractivity contribution < 1.29 is 10.0 Å². The van der Waals surface area contributed by atoms with Crippen LogP contribution in [0.1, 0.15) is 24.8 Å². The van der Waals surface area contributed by atoms with Crippen LogP contribution in [0.15, 0.2) is 18.2 Å². The summed E-state index contributed by atoms with van der Waals surface area (Å²) < 4.78 is 0. The van der Waals surface area contributed by atoms with Crippen LogP contribution < -0.4 is 5.32 Å². The van der Waals surface area contributed by atoms with Crippen LogP contribution in [-0.2, 0) is 0 Å². The summed E-state index contributed by atoms with van der Waals surface area (Å²) >= 11 is 0. The van der Waals surface area contributed by atoms with E-state index in [1.54, 1.807) is 12.1 Å². The topological polar surface area (TPSA) is 99.2 Å². The number of nitro groups is 1. The van der Waals surface area contributed by atoms with Gasteiger partial charge in [0.15, 0.2) is 0 Å². The molecule has 0 atom stereocenters. The van der Waals surface area contributed by atoms with Crippen molar-refractivity contribution in [1.29, 1.82) is 5.26 Å². The van der Waals surface area contributed by atoms with Crippen LogP contribution in [0, 0.1) is 21.4 Å². The normalized spacial score (nSPS) is 16.4. The van der Waals surface area contributed by atoms with Crippen molar-refractivity contribution in [1.82, 2.24) is 0 Å². The zero-order valence-corrected chi connectivity index (χ0v) is 9.72. The van der Waals surface area contributed by atoms with Gasteiger partial charge < -0.3 is 10.4 Å². The highest BCUT2D eigenvalue weighted by Crippen LogP contribution is 2.38. The molecule has 0 heterocycles. The summed E-state index contributed by atoms with van der Waals surface area (Å²) in [5, 5.41) is 32.3. The Morgan fingerprint density at radius 3 is 2.72 bits per heavy atom. The van der Waals surface area contributed by atoms with E-state index < -0.39 is 10.5 Å². The smallest absolute Gasteiger partial charge is 0.309 e. The highest BCUT2D eigenvalue weighted by Gasteiger charge is 2.38. The molecule has 6 heteroatoms. The first-order valence-electron chi connectivity index (χ1n) is 5.68. The first-order valence-corrected chi connectivity index (χ1v) is 5.68. The summed E-state index contributed by atoms with van der Waals surface area (Å²) in [5.41, 5.74) is -0.372. The van der Waals surface area contributed by atoms with Gasteiger partial charge in [-0.05, 0) is 31.4 Å². The maximum absolute atomic E-state index is 11.0. The van der Waals surface area contributed by atoms with Crippen LogP contribution in [0.2, 0.25) is 0 Å². The largest absolute Gasteiger partial charge is 0.394 e. The van der Waals surface area contributed by atoms with Crippen LogP contribution in [0.5, 0.6) is 0 Å². The average Bonchev–Trinajstić information content (AvgIpc) is 2.33. The molecule has 0 unspecified atom stereocenters. The third-order valence-electron chi connectivity index (χ3n) is 3.35. The van der Waals surface area contributed by atoms with Gasteiger partial charge >= 0.3 is 5.69 Å². The van der Waals surface area contributed by atoms with Crippen molar-refractivity contribution in [3.63, 3.8) is 0 Å². The predicted octanol–water partition coefficient (Wildman–Crippen LogP) is 1.79. The number of nitrogens with one attached hydrogen (secondary N) is 1. The number of aliphatic hydroxyl groups excluding tert-OH is 1. The molecule has 0 radical (unpaired) electrons. The molecule has 1 aromatic carbocycles. The first-order chi connectivity index (χ1) is 8.62. The molecule has 0 spiro atoms. The second-order valence-electron chi connectivity index (χ2n) is 4.49. The summed E-state index contributed by atoms with van der Waals surface area (Å²) in [6, 6.07) is 6.38. The minimum Gasteiger partial charge on any atom is -0.394 e. The zero-order chi connectivity index (χ0) is 13.2. The standard InChI is InChI=1S/C12H13N3O3/c13-7-9-3-1-4-10(11(9)15(17)18)14-12(8-16)5-2-6-12/h1,3-4,14,16H,2,5-6,8H2. The SMILES string of the molecule is N#Cc1cccc(NC2(CO)CCC2)c1[N+](=O)[O-]. The minimum atomic E-state index is -0.565. The molecule has 1 saturated carbocycles. The first kappa shape index (κ1) is 12.3. The van der Waals surface area contributed by atoms with Crippen molar-refractivity contribution in [3.05, 3.63) is 33.9 Å².